The van der Waals surface area contributed by atoms with Gasteiger partial charge in [0.05, 0.1) is 11.7 Å². The van der Waals surface area contributed by atoms with Crippen molar-refractivity contribution in [3.8, 4) is 5.75 Å². The highest BCUT2D eigenvalue weighted by Crippen LogP contribution is 2.29. The average Bonchev–Trinajstić information content (AvgIpc) is 2.79. The molecule has 1 amide bonds. The van der Waals surface area contributed by atoms with Gasteiger partial charge in [-0.05, 0) is 49.6 Å². The first-order valence-corrected chi connectivity index (χ1v) is 12.3. The number of carbonyl (C=O) groups excluding carboxylic acids is 1. The van der Waals surface area contributed by atoms with Gasteiger partial charge >= 0.3 is 10.1 Å². The van der Waals surface area contributed by atoms with Crippen molar-refractivity contribution in [2.75, 3.05) is 5.75 Å². The van der Waals surface area contributed by atoms with Crippen molar-refractivity contribution in [3.05, 3.63) is 102 Å². The largest absolute Gasteiger partial charge is 0.382 e. The molecule has 0 aliphatic rings. The van der Waals surface area contributed by atoms with Crippen molar-refractivity contribution in [1.82, 2.24) is 4.90 Å². The standard InChI is InChI=1S/C26H29NO4S/c1-4-32(29,30)31-24-17-11-12-21(18-24)19-27(20(2)3)26(28)25(22-13-7-5-8-14-22)23-15-9-6-10-16-23/h5-18,20,25H,4,19H2,1-3H3. The summed E-state index contributed by atoms with van der Waals surface area (Å²) in [6.07, 6.45) is 0. The topological polar surface area (TPSA) is 63.7 Å². The average molecular weight is 452 g/mol. The van der Waals surface area contributed by atoms with Gasteiger partial charge in [-0.15, -0.1) is 0 Å². The highest BCUT2D eigenvalue weighted by Gasteiger charge is 2.29. The van der Waals surface area contributed by atoms with Crippen LogP contribution in [0.15, 0.2) is 84.9 Å². The summed E-state index contributed by atoms with van der Waals surface area (Å²) in [7, 11) is -3.62. The predicted octanol–water partition coefficient (Wildman–Crippen LogP) is 4.98. The SMILES string of the molecule is CCS(=O)(=O)Oc1cccc(CN(C(=O)C(c2ccccc2)c2ccccc2)C(C)C)c1. The van der Waals surface area contributed by atoms with Crippen molar-refractivity contribution in [2.24, 2.45) is 0 Å². The highest BCUT2D eigenvalue weighted by atomic mass is 32.2. The van der Waals surface area contributed by atoms with Gasteiger partial charge in [-0.3, -0.25) is 4.79 Å². The molecule has 3 rings (SSSR count). The summed E-state index contributed by atoms with van der Waals surface area (Å²) in [5, 5.41) is 0. The van der Waals surface area contributed by atoms with Gasteiger partial charge in [0.15, 0.2) is 0 Å². The van der Waals surface area contributed by atoms with Crippen LogP contribution in [0.1, 0.15) is 43.4 Å². The Morgan fingerprint density at radius 1 is 0.875 bits per heavy atom. The Hall–Kier alpha value is -3.12. The molecule has 0 bridgehead atoms. The number of benzene rings is 3. The van der Waals surface area contributed by atoms with Crippen LogP contribution in [-0.4, -0.2) is 31.0 Å². The summed E-state index contributed by atoms with van der Waals surface area (Å²) >= 11 is 0. The molecule has 0 aliphatic carbocycles. The molecule has 0 N–H and O–H groups in total. The third-order valence-electron chi connectivity index (χ3n) is 5.25. The van der Waals surface area contributed by atoms with E-state index in [-0.39, 0.29) is 23.5 Å². The van der Waals surface area contributed by atoms with Crippen molar-refractivity contribution in [2.45, 2.75) is 39.3 Å². The van der Waals surface area contributed by atoms with E-state index in [1.165, 1.54) is 6.92 Å². The van der Waals surface area contributed by atoms with Gasteiger partial charge in [-0.2, -0.15) is 8.42 Å². The molecule has 0 atom stereocenters. The molecule has 0 spiro atoms. The number of hydrogen-bond acceptors (Lipinski definition) is 4. The molecule has 0 saturated carbocycles. The molecule has 0 heterocycles. The normalized spacial score (nSPS) is 11.5. The second-order valence-electron chi connectivity index (χ2n) is 7.89. The van der Waals surface area contributed by atoms with E-state index in [0.29, 0.717) is 6.54 Å². The zero-order chi connectivity index (χ0) is 23.1. The van der Waals surface area contributed by atoms with Crippen molar-refractivity contribution in [3.63, 3.8) is 0 Å². The summed E-state index contributed by atoms with van der Waals surface area (Å²) < 4.78 is 28.8. The first-order chi connectivity index (χ1) is 15.3. The lowest BCUT2D eigenvalue weighted by Crippen LogP contribution is -2.40. The molecule has 0 aromatic heterocycles. The summed E-state index contributed by atoms with van der Waals surface area (Å²) in [4.78, 5) is 15.7. The van der Waals surface area contributed by atoms with E-state index in [9.17, 15) is 13.2 Å². The minimum atomic E-state index is -3.62. The number of carbonyl (C=O) groups is 1. The van der Waals surface area contributed by atoms with Gasteiger partial charge in [0, 0.05) is 12.6 Å². The molecule has 0 unspecified atom stereocenters. The van der Waals surface area contributed by atoms with Crippen LogP contribution in [0.4, 0.5) is 0 Å². The Balaban J connectivity index is 1.93. The summed E-state index contributed by atoms with van der Waals surface area (Å²) in [6, 6.07) is 26.3. The molecule has 0 aliphatic heterocycles. The lowest BCUT2D eigenvalue weighted by molar-refractivity contribution is -0.134. The highest BCUT2D eigenvalue weighted by molar-refractivity contribution is 7.87. The number of rotatable bonds is 9. The predicted molar refractivity (Wildman–Crippen MR) is 127 cm³/mol. The Bertz CT molecular complexity index is 1090. The van der Waals surface area contributed by atoms with E-state index in [2.05, 4.69) is 0 Å². The molecule has 5 nitrogen and oxygen atoms in total. The Labute approximate surface area is 190 Å². The Kier molecular flexibility index (Phi) is 7.70. The number of hydrogen-bond donors (Lipinski definition) is 0. The molecule has 0 radical (unpaired) electrons. The smallest absolute Gasteiger partial charge is 0.308 e. The maximum Gasteiger partial charge on any atom is 0.308 e. The third-order valence-corrected chi connectivity index (χ3v) is 6.40. The first kappa shape index (κ1) is 23.5. The molecule has 6 heteroatoms. The summed E-state index contributed by atoms with van der Waals surface area (Å²) in [6.45, 7) is 5.83. The minimum Gasteiger partial charge on any atom is -0.382 e. The fourth-order valence-electron chi connectivity index (χ4n) is 3.55. The lowest BCUT2D eigenvalue weighted by Gasteiger charge is -2.31. The van der Waals surface area contributed by atoms with E-state index in [0.717, 1.165) is 16.7 Å². The van der Waals surface area contributed by atoms with Crippen LogP contribution in [-0.2, 0) is 21.5 Å². The van der Waals surface area contributed by atoms with Crippen LogP contribution in [0.2, 0.25) is 0 Å². The van der Waals surface area contributed by atoms with Gasteiger partial charge < -0.3 is 9.08 Å². The molecule has 0 fully saturated rings. The molecular formula is C26H29NO4S. The second-order valence-corrected chi connectivity index (χ2v) is 9.75. The van der Waals surface area contributed by atoms with Crippen molar-refractivity contribution in [1.29, 1.82) is 0 Å². The second kappa shape index (κ2) is 10.5. The zero-order valence-corrected chi connectivity index (χ0v) is 19.5. The van der Waals surface area contributed by atoms with Gasteiger partial charge in [-0.1, -0.05) is 72.8 Å². The zero-order valence-electron chi connectivity index (χ0n) is 18.6. The number of nitrogens with zero attached hydrogens (tertiary/aromatic N) is 1. The third kappa shape index (κ3) is 5.98. The monoisotopic (exact) mass is 451 g/mol. The van der Waals surface area contributed by atoms with E-state index >= 15 is 0 Å². The molecule has 0 saturated heterocycles. The van der Waals surface area contributed by atoms with Crippen LogP contribution in [0.5, 0.6) is 5.75 Å². The van der Waals surface area contributed by atoms with Crippen molar-refractivity contribution < 1.29 is 17.4 Å². The summed E-state index contributed by atoms with van der Waals surface area (Å²) in [5.74, 6) is -0.295. The van der Waals surface area contributed by atoms with Crippen LogP contribution >= 0.6 is 0 Å². The first-order valence-electron chi connectivity index (χ1n) is 10.7. The molecule has 168 valence electrons. The fourth-order valence-corrected chi connectivity index (χ4v) is 4.06. The molecular weight excluding hydrogens is 422 g/mol. The van der Waals surface area contributed by atoms with Crippen LogP contribution in [0, 0.1) is 0 Å². The van der Waals surface area contributed by atoms with Crippen LogP contribution < -0.4 is 4.18 Å². The van der Waals surface area contributed by atoms with Crippen LogP contribution in [0.25, 0.3) is 0 Å². The Morgan fingerprint density at radius 3 is 1.94 bits per heavy atom. The van der Waals surface area contributed by atoms with Gasteiger partial charge in [0.1, 0.15) is 5.75 Å². The minimum absolute atomic E-state index is 0.00935. The maximum atomic E-state index is 13.8. The van der Waals surface area contributed by atoms with E-state index in [4.69, 9.17) is 4.18 Å². The maximum absolute atomic E-state index is 13.8. The molecule has 3 aromatic rings. The van der Waals surface area contributed by atoms with E-state index in [1.54, 1.807) is 18.2 Å². The van der Waals surface area contributed by atoms with Gasteiger partial charge in [0.2, 0.25) is 5.91 Å². The van der Waals surface area contributed by atoms with E-state index in [1.807, 2.05) is 85.5 Å². The fraction of sp³-hybridized carbons (Fsp3) is 0.269. The molecule has 3 aromatic carbocycles. The Morgan fingerprint density at radius 2 is 1.44 bits per heavy atom. The van der Waals surface area contributed by atoms with Gasteiger partial charge in [-0.25, -0.2) is 0 Å². The summed E-state index contributed by atoms with van der Waals surface area (Å²) in [5.41, 5.74) is 2.66. The quantitative estimate of drug-likeness (QED) is 0.430. The van der Waals surface area contributed by atoms with Gasteiger partial charge in [0.25, 0.3) is 0 Å². The lowest BCUT2D eigenvalue weighted by atomic mass is 9.89. The van der Waals surface area contributed by atoms with Crippen molar-refractivity contribution >= 4 is 16.0 Å². The van der Waals surface area contributed by atoms with E-state index < -0.39 is 16.0 Å². The number of amides is 1. The van der Waals surface area contributed by atoms with Crippen LogP contribution in [0.3, 0.4) is 0 Å². The molecule has 32 heavy (non-hydrogen) atoms.